The molecule has 10 heavy (non-hydrogen) atoms. The van der Waals surface area contributed by atoms with Crippen molar-refractivity contribution in [2.75, 3.05) is 0 Å². The summed E-state index contributed by atoms with van der Waals surface area (Å²) in [7, 11) is -2.86. The van der Waals surface area contributed by atoms with Crippen molar-refractivity contribution in [2.24, 2.45) is 0 Å². The number of amides is 1. The smallest absolute Gasteiger partial charge is 0.232 e. The Hall–Kier alpha value is -0.363. The van der Waals surface area contributed by atoms with Gasteiger partial charge in [0.05, 0.1) is 0 Å². The van der Waals surface area contributed by atoms with Crippen molar-refractivity contribution in [3.8, 4) is 0 Å². The lowest BCUT2D eigenvalue weighted by atomic mass is 10.5. The molecule has 0 aromatic carbocycles. The molecule has 60 valence electrons. The minimum Gasteiger partial charge on any atom is -0.274 e. The molecular formula is C4H11NO3SSi. The lowest BCUT2D eigenvalue weighted by molar-refractivity contribution is -0.118. The summed E-state index contributed by atoms with van der Waals surface area (Å²) in [6, 6.07) is 0.870. The Bertz CT molecular complexity index is 171. The van der Waals surface area contributed by atoms with Crippen molar-refractivity contribution in [2.45, 2.75) is 19.0 Å². The zero-order valence-corrected chi connectivity index (χ0v) is 8.10. The third-order valence-corrected chi connectivity index (χ3v) is 2.47. The minimum atomic E-state index is -2.74. The van der Waals surface area contributed by atoms with Crippen LogP contribution in [0.3, 0.4) is 0 Å². The standard InChI is InChI=1S/C4H11NO3SSi/c1-10-3-2-4(6)5-9(7)8/h9H,2-3,10H2,1H3,(H,5,6,7,8). The molecule has 0 unspecified atom stereocenters. The van der Waals surface area contributed by atoms with Crippen molar-refractivity contribution >= 4 is 26.3 Å². The maximum absolute atomic E-state index is 10.5. The van der Waals surface area contributed by atoms with Crippen molar-refractivity contribution in [1.82, 2.24) is 4.72 Å². The van der Waals surface area contributed by atoms with Gasteiger partial charge in [0.1, 0.15) is 0 Å². The van der Waals surface area contributed by atoms with Gasteiger partial charge in [-0.1, -0.05) is 12.6 Å². The van der Waals surface area contributed by atoms with Gasteiger partial charge in [-0.2, -0.15) is 0 Å². The molecule has 0 aliphatic rings. The first-order valence-electron chi connectivity index (χ1n) is 3.10. The highest BCUT2D eigenvalue weighted by Crippen LogP contribution is 1.86. The zero-order valence-electron chi connectivity index (χ0n) is 5.79. The van der Waals surface area contributed by atoms with Gasteiger partial charge >= 0.3 is 0 Å². The molecule has 0 bridgehead atoms. The highest BCUT2D eigenvalue weighted by molar-refractivity contribution is 7.71. The molecular weight excluding hydrogens is 170 g/mol. The summed E-state index contributed by atoms with van der Waals surface area (Å²) in [4.78, 5) is 10.5. The quantitative estimate of drug-likeness (QED) is 0.416. The van der Waals surface area contributed by atoms with Gasteiger partial charge in [0.25, 0.3) is 0 Å². The maximum atomic E-state index is 10.5. The summed E-state index contributed by atoms with van der Waals surface area (Å²) in [6.45, 7) is 2.07. The first kappa shape index (κ1) is 9.64. The van der Waals surface area contributed by atoms with Crippen LogP contribution in [0.4, 0.5) is 0 Å². The first-order valence-corrected chi connectivity index (χ1v) is 6.70. The molecule has 0 radical (unpaired) electrons. The Morgan fingerprint density at radius 3 is 2.60 bits per heavy atom. The van der Waals surface area contributed by atoms with Crippen LogP contribution in [0.1, 0.15) is 6.42 Å². The van der Waals surface area contributed by atoms with Crippen LogP contribution in [0, 0.1) is 0 Å². The monoisotopic (exact) mass is 181 g/mol. The molecule has 4 nitrogen and oxygen atoms in total. The Labute approximate surface area is 63.9 Å². The van der Waals surface area contributed by atoms with Crippen LogP contribution in [-0.4, -0.2) is 23.8 Å². The second-order valence-corrected chi connectivity index (χ2v) is 4.34. The molecule has 0 heterocycles. The fourth-order valence-electron chi connectivity index (χ4n) is 0.495. The number of carbonyl (C=O) groups excluding carboxylic acids is 1. The number of hydrogen-bond acceptors (Lipinski definition) is 3. The normalized spacial score (nSPS) is 11.0. The Kier molecular flexibility index (Phi) is 5.23. The molecule has 0 saturated carbocycles. The molecule has 0 fully saturated rings. The number of rotatable bonds is 4. The molecule has 0 atom stereocenters. The van der Waals surface area contributed by atoms with Crippen LogP contribution < -0.4 is 4.72 Å². The summed E-state index contributed by atoms with van der Waals surface area (Å²) in [6.07, 6.45) is 0.353. The fraction of sp³-hybridized carbons (Fsp3) is 0.750. The van der Waals surface area contributed by atoms with Crippen molar-refractivity contribution in [3.63, 3.8) is 0 Å². The maximum Gasteiger partial charge on any atom is 0.232 e. The SMILES string of the molecule is C[SiH2]CCC(=O)N[SH](=O)=O. The Morgan fingerprint density at radius 2 is 2.20 bits per heavy atom. The first-order chi connectivity index (χ1) is 4.66. The molecule has 0 aromatic rings. The van der Waals surface area contributed by atoms with E-state index in [9.17, 15) is 13.2 Å². The third kappa shape index (κ3) is 5.77. The fourth-order valence-corrected chi connectivity index (χ4v) is 1.49. The number of thiol groups is 1. The largest absolute Gasteiger partial charge is 0.274 e. The van der Waals surface area contributed by atoms with E-state index in [0.717, 1.165) is 6.04 Å². The molecule has 1 N–H and O–H groups in total. The average Bonchev–Trinajstić information content (AvgIpc) is 1.82. The van der Waals surface area contributed by atoms with Gasteiger partial charge in [0, 0.05) is 15.9 Å². The molecule has 0 spiro atoms. The highest BCUT2D eigenvalue weighted by atomic mass is 32.2. The van der Waals surface area contributed by atoms with E-state index in [0.29, 0.717) is 6.42 Å². The predicted octanol–water partition coefficient (Wildman–Crippen LogP) is -1.35. The third-order valence-electron chi connectivity index (χ3n) is 0.973. The van der Waals surface area contributed by atoms with E-state index in [4.69, 9.17) is 0 Å². The second-order valence-electron chi connectivity index (χ2n) is 1.90. The van der Waals surface area contributed by atoms with E-state index in [1.54, 1.807) is 0 Å². The number of hydrogen-bond donors (Lipinski definition) is 2. The topological polar surface area (TPSA) is 63.2 Å². The van der Waals surface area contributed by atoms with Crippen LogP contribution in [0.5, 0.6) is 0 Å². The van der Waals surface area contributed by atoms with Gasteiger partial charge in [0.15, 0.2) is 0 Å². The average molecular weight is 181 g/mol. The van der Waals surface area contributed by atoms with Crippen molar-refractivity contribution < 1.29 is 13.2 Å². The van der Waals surface area contributed by atoms with Crippen LogP contribution in [0.25, 0.3) is 0 Å². The van der Waals surface area contributed by atoms with E-state index in [1.807, 2.05) is 4.72 Å². The molecule has 0 aromatic heterocycles. The van der Waals surface area contributed by atoms with Gasteiger partial charge < -0.3 is 0 Å². The van der Waals surface area contributed by atoms with Gasteiger partial charge in [-0.15, -0.1) is 0 Å². The molecule has 0 aliphatic carbocycles. The summed E-state index contributed by atoms with van der Waals surface area (Å²) in [5.74, 6) is -0.384. The van der Waals surface area contributed by atoms with Crippen LogP contribution >= 0.6 is 0 Å². The van der Waals surface area contributed by atoms with Crippen LogP contribution in [-0.2, 0) is 15.7 Å². The van der Waals surface area contributed by atoms with E-state index in [-0.39, 0.29) is 15.4 Å². The summed E-state index contributed by atoms with van der Waals surface area (Å²) in [5.41, 5.74) is 0. The van der Waals surface area contributed by atoms with Gasteiger partial charge in [-0.05, 0) is 0 Å². The second kappa shape index (κ2) is 5.42. The van der Waals surface area contributed by atoms with Crippen LogP contribution in [0.15, 0.2) is 0 Å². The minimum absolute atomic E-state index is 0.120. The van der Waals surface area contributed by atoms with E-state index < -0.39 is 10.9 Å². The van der Waals surface area contributed by atoms with Gasteiger partial charge in [0.2, 0.25) is 16.8 Å². The summed E-state index contributed by atoms with van der Waals surface area (Å²) < 4.78 is 21.6. The molecule has 0 rings (SSSR count). The van der Waals surface area contributed by atoms with E-state index in [1.165, 1.54) is 0 Å². The molecule has 1 amide bonds. The molecule has 0 saturated heterocycles. The number of nitrogens with one attached hydrogen (secondary N) is 1. The zero-order chi connectivity index (χ0) is 7.98. The predicted molar refractivity (Wildman–Crippen MR) is 42.3 cm³/mol. The van der Waals surface area contributed by atoms with Crippen molar-refractivity contribution in [3.05, 3.63) is 0 Å². The Balaban J connectivity index is 3.44. The lowest BCUT2D eigenvalue weighted by Gasteiger charge is -1.93. The summed E-state index contributed by atoms with van der Waals surface area (Å²) in [5, 5.41) is 0. The van der Waals surface area contributed by atoms with Gasteiger partial charge in [-0.3, -0.25) is 9.52 Å². The van der Waals surface area contributed by atoms with Crippen molar-refractivity contribution in [1.29, 1.82) is 0 Å². The van der Waals surface area contributed by atoms with Crippen LogP contribution in [0.2, 0.25) is 12.6 Å². The lowest BCUT2D eigenvalue weighted by Crippen LogP contribution is -2.20. The highest BCUT2D eigenvalue weighted by Gasteiger charge is 1.98. The molecule has 6 heteroatoms. The number of carbonyl (C=O) groups is 1. The van der Waals surface area contributed by atoms with E-state index >= 15 is 0 Å². The Morgan fingerprint density at radius 1 is 1.60 bits per heavy atom. The molecule has 0 aliphatic heterocycles. The van der Waals surface area contributed by atoms with Gasteiger partial charge in [-0.25, -0.2) is 8.42 Å². The van der Waals surface area contributed by atoms with E-state index in [2.05, 4.69) is 6.55 Å². The summed E-state index contributed by atoms with van der Waals surface area (Å²) >= 11 is 0.